The molecule has 1 N–H and O–H groups in total. The average molecular weight is 460 g/mol. The first-order chi connectivity index (χ1) is 13.9. The average Bonchev–Trinajstić information content (AvgIpc) is 3.27. The van der Waals surface area contributed by atoms with Crippen LogP contribution >= 0.6 is 15.9 Å². The van der Waals surface area contributed by atoms with Crippen LogP contribution in [0, 0.1) is 11.3 Å². The van der Waals surface area contributed by atoms with Gasteiger partial charge in [-0.1, -0.05) is 15.9 Å². The van der Waals surface area contributed by atoms with Crippen molar-refractivity contribution < 1.29 is 28.3 Å². The molecule has 0 spiro atoms. The maximum atomic E-state index is 12.7. The molecule has 29 heavy (non-hydrogen) atoms. The van der Waals surface area contributed by atoms with Crippen molar-refractivity contribution >= 4 is 39.9 Å². The standard InChI is InChI=1S/C19H14BrN3O6/c1-27-18(25)16-5-3-13(29-16)10-23-17(24)14(22-19(23)26)9-11-8-12(20)2-4-15(11)28-7-6-21/h2-5,8-9H,7,10H2,1H3,(H,22,26). The molecule has 2 aromatic rings. The molecule has 1 aliphatic heterocycles. The van der Waals surface area contributed by atoms with Crippen molar-refractivity contribution in [3.8, 4) is 11.8 Å². The molecule has 0 radical (unpaired) electrons. The Morgan fingerprint density at radius 3 is 2.86 bits per heavy atom. The quantitative estimate of drug-likeness (QED) is 0.400. The number of furan rings is 1. The molecule has 0 aliphatic carbocycles. The Bertz CT molecular complexity index is 1050. The first-order valence-corrected chi connectivity index (χ1v) is 9.03. The molecular weight excluding hydrogens is 446 g/mol. The minimum absolute atomic E-state index is 0.0289. The van der Waals surface area contributed by atoms with Gasteiger partial charge >= 0.3 is 12.0 Å². The zero-order valence-electron chi connectivity index (χ0n) is 15.1. The summed E-state index contributed by atoms with van der Waals surface area (Å²) >= 11 is 3.33. The van der Waals surface area contributed by atoms with E-state index in [1.807, 2.05) is 6.07 Å². The lowest BCUT2D eigenvalue weighted by Crippen LogP contribution is -2.30. The highest BCUT2D eigenvalue weighted by Gasteiger charge is 2.34. The summed E-state index contributed by atoms with van der Waals surface area (Å²) in [5, 5.41) is 11.2. The van der Waals surface area contributed by atoms with E-state index in [0.717, 1.165) is 9.37 Å². The van der Waals surface area contributed by atoms with Gasteiger partial charge in [-0.2, -0.15) is 5.26 Å². The molecule has 1 saturated heterocycles. The van der Waals surface area contributed by atoms with E-state index in [2.05, 4.69) is 26.0 Å². The van der Waals surface area contributed by atoms with Gasteiger partial charge < -0.3 is 19.2 Å². The van der Waals surface area contributed by atoms with Crippen LogP contribution in [-0.2, 0) is 16.1 Å². The van der Waals surface area contributed by atoms with Crippen LogP contribution in [0.1, 0.15) is 21.9 Å². The molecule has 0 unspecified atom stereocenters. The zero-order valence-corrected chi connectivity index (χ0v) is 16.7. The Morgan fingerprint density at radius 1 is 1.34 bits per heavy atom. The Kier molecular flexibility index (Phi) is 5.99. The van der Waals surface area contributed by atoms with Crippen LogP contribution in [0.25, 0.3) is 6.08 Å². The topological polar surface area (TPSA) is 122 Å². The third-order valence-electron chi connectivity index (χ3n) is 3.89. The van der Waals surface area contributed by atoms with Gasteiger partial charge in [-0.15, -0.1) is 0 Å². The number of halogens is 1. The fourth-order valence-corrected chi connectivity index (χ4v) is 2.95. The fourth-order valence-electron chi connectivity index (χ4n) is 2.57. The number of esters is 1. The van der Waals surface area contributed by atoms with Gasteiger partial charge in [-0.05, 0) is 36.4 Å². The lowest BCUT2D eigenvalue weighted by atomic mass is 10.1. The second-order valence-corrected chi connectivity index (χ2v) is 6.68. The van der Waals surface area contributed by atoms with Crippen molar-refractivity contribution in [1.82, 2.24) is 10.2 Å². The lowest BCUT2D eigenvalue weighted by molar-refractivity contribution is -0.123. The van der Waals surface area contributed by atoms with Crippen molar-refractivity contribution in [3.63, 3.8) is 0 Å². The monoisotopic (exact) mass is 459 g/mol. The maximum Gasteiger partial charge on any atom is 0.373 e. The minimum Gasteiger partial charge on any atom is -0.478 e. The van der Waals surface area contributed by atoms with E-state index >= 15 is 0 Å². The molecule has 1 aromatic carbocycles. The van der Waals surface area contributed by atoms with Gasteiger partial charge in [0.1, 0.15) is 23.3 Å². The van der Waals surface area contributed by atoms with Crippen LogP contribution in [0.5, 0.6) is 5.75 Å². The summed E-state index contributed by atoms with van der Waals surface area (Å²) < 4.78 is 15.9. The number of benzene rings is 1. The second-order valence-electron chi connectivity index (χ2n) is 5.77. The smallest absolute Gasteiger partial charge is 0.373 e. The number of urea groups is 1. The molecule has 0 bridgehead atoms. The van der Waals surface area contributed by atoms with Gasteiger partial charge in [0.25, 0.3) is 5.91 Å². The van der Waals surface area contributed by atoms with E-state index in [-0.39, 0.29) is 30.4 Å². The summed E-state index contributed by atoms with van der Waals surface area (Å²) in [6.45, 7) is -0.319. The van der Waals surface area contributed by atoms with Crippen molar-refractivity contribution in [3.05, 3.63) is 57.6 Å². The Morgan fingerprint density at radius 2 is 2.14 bits per heavy atom. The van der Waals surface area contributed by atoms with Crippen LogP contribution in [0.4, 0.5) is 4.79 Å². The summed E-state index contributed by atoms with van der Waals surface area (Å²) in [7, 11) is 1.22. The van der Waals surface area contributed by atoms with Crippen LogP contribution in [0.15, 0.2) is 44.9 Å². The van der Waals surface area contributed by atoms with E-state index in [9.17, 15) is 14.4 Å². The number of imide groups is 1. The molecule has 3 rings (SSSR count). The highest BCUT2D eigenvalue weighted by Crippen LogP contribution is 2.27. The fraction of sp³-hybridized carbons (Fsp3) is 0.158. The second kappa shape index (κ2) is 8.62. The molecule has 0 saturated carbocycles. The third kappa shape index (κ3) is 4.47. The largest absolute Gasteiger partial charge is 0.478 e. The number of hydrogen-bond acceptors (Lipinski definition) is 7. The van der Waals surface area contributed by atoms with Gasteiger partial charge in [0.05, 0.1) is 13.7 Å². The number of ether oxygens (including phenoxy) is 2. The molecular formula is C19H14BrN3O6. The number of nitrogens with zero attached hydrogens (tertiary/aromatic N) is 2. The third-order valence-corrected chi connectivity index (χ3v) is 4.38. The van der Waals surface area contributed by atoms with Crippen LogP contribution < -0.4 is 10.1 Å². The van der Waals surface area contributed by atoms with E-state index in [1.54, 1.807) is 18.2 Å². The summed E-state index contributed by atoms with van der Waals surface area (Å²) in [5.74, 6) is -0.628. The van der Waals surface area contributed by atoms with Gasteiger partial charge in [0.2, 0.25) is 5.76 Å². The predicted molar refractivity (Wildman–Crippen MR) is 102 cm³/mol. The minimum atomic E-state index is -0.659. The molecule has 1 aliphatic rings. The zero-order chi connectivity index (χ0) is 21.0. The summed E-state index contributed by atoms with van der Waals surface area (Å²) in [6, 6.07) is 9.19. The highest BCUT2D eigenvalue weighted by atomic mass is 79.9. The molecule has 3 amide bonds. The molecule has 148 valence electrons. The van der Waals surface area contributed by atoms with E-state index < -0.39 is 17.9 Å². The number of amides is 3. The van der Waals surface area contributed by atoms with Gasteiger partial charge in [-0.3, -0.25) is 9.69 Å². The summed E-state index contributed by atoms with van der Waals surface area (Å²) in [4.78, 5) is 37.3. The van der Waals surface area contributed by atoms with Crippen LogP contribution in [0.2, 0.25) is 0 Å². The van der Waals surface area contributed by atoms with Crippen molar-refractivity contribution in [2.45, 2.75) is 6.54 Å². The number of nitrogens with one attached hydrogen (secondary N) is 1. The molecule has 9 nitrogen and oxygen atoms in total. The molecule has 1 fully saturated rings. The predicted octanol–water partition coefficient (Wildman–Crippen LogP) is 2.82. The maximum absolute atomic E-state index is 12.7. The number of methoxy groups -OCH3 is 1. The Hall–Kier alpha value is -3.58. The first kappa shape index (κ1) is 20.2. The van der Waals surface area contributed by atoms with Crippen LogP contribution in [-0.4, -0.2) is 36.5 Å². The van der Waals surface area contributed by atoms with E-state index in [0.29, 0.717) is 11.3 Å². The van der Waals surface area contributed by atoms with Gasteiger partial charge in [0, 0.05) is 10.0 Å². The number of carbonyl (C=O) groups is 3. The van der Waals surface area contributed by atoms with Crippen molar-refractivity contribution in [2.24, 2.45) is 0 Å². The SMILES string of the molecule is COC(=O)c1ccc(CN2C(=O)NC(=Cc3cc(Br)ccc3OCC#N)C2=O)o1. The molecule has 0 atom stereocenters. The highest BCUT2D eigenvalue weighted by molar-refractivity contribution is 9.10. The van der Waals surface area contributed by atoms with Crippen molar-refractivity contribution in [2.75, 3.05) is 13.7 Å². The normalized spacial score (nSPS) is 14.7. The number of rotatable bonds is 6. The number of hydrogen-bond donors (Lipinski definition) is 1. The van der Waals surface area contributed by atoms with Crippen molar-refractivity contribution in [1.29, 1.82) is 5.26 Å². The summed E-state index contributed by atoms with van der Waals surface area (Å²) in [6.07, 6.45) is 1.46. The molecule has 2 heterocycles. The van der Waals surface area contributed by atoms with E-state index in [1.165, 1.54) is 25.3 Å². The van der Waals surface area contributed by atoms with Gasteiger partial charge in [0.15, 0.2) is 6.61 Å². The molecule has 10 heteroatoms. The van der Waals surface area contributed by atoms with Gasteiger partial charge in [-0.25, -0.2) is 9.59 Å². The van der Waals surface area contributed by atoms with Crippen LogP contribution in [0.3, 0.4) is 0 Å². The summed E-state index contributed by atoms with van der Waals surface area (Å²) in [5.41, 5.74) is 0.542. The Labute approximate surface area is 173 Å². The molecule has 1 aromatic heterocycles. The number of nitriles is 1. The number of carbonyl (C=O) groups excluding carboxylic acids is 3. The first-order valence-electron chi connectivity index (χ1n) is 8.23. The Balaban J connectivity index is 1.82. The van der Waals surface area contributed by atoms with E-state index in [4.69, 9.17) is 14.4 Å². The lowest BCUT2D eigenvalue weighted by Gasteiger charge is -2.09.